The molecule has 32 heavy (non-hydrogen) atoms. The van der Waals surface area contributed by atoms with Gasteiger partial charge in [0, 0.05) is 29.7 Å². The summed E-state index contributed by atoms with van der Waals surface area (Å²) < 4.78 is 15.8. The maximum absolute atomic E-state index is 15.8. The van der Waals surface area contributed by atoms with Gasteiger partial charge in [-0.1, -0.05) is 24.8 Å². The first-order valence-electron chi connectivity index (χ1n) is 11.0. The summed E-state index contributed by atoms with van der Waals surface area (Å²) in [6.45, 7) is 6.66. The summed E-state index contributed by atoms with van der Waals surface area (Å²) >= 11 is 0. The number of hydrogen-bond donors (Lipinski definition) is 2. The Labute approximate surface area is 186 Å². The molecule has 2 amide bonds. The highest BCUT2D eigenvalue weighted by Gasteiger charge is 2.32. The first kappa shape index (κ1) is 20.5. The van der Waals surface area contributed by atoms with Crippen LogP contribution in [0.2, 0.25) is 0 Å². The number of aromatic nitrogens is 1. The highest BCUT2D eigenvalue weighted by atomic mass is 19.1. The second-order valence-corrected chi connectivity index (χ2v) is 8.88. The minimum Gasteiger partial charge on any atom is -0.369 e. The van der Waals surface area contributed by atoms with E-state index in [-0.39, 0.29) is 18.1 Å². The van der Waals surface area contributed by atoms with Gasteiger partial charge in [0.25, 0.3) is 0 Å². The molecule has 0 atom stereocenters. The number of halogens is 1. The lowest BCUT2D eigenvalue weighted by molar-refractivity contribution is -0.126. The van der Waals surface area contributed by atoms with Crippen molar-refractivity contribution >= 4 is 22.7 Å². The molecule has 6 heteroatoms. The van der Waals surface area contributed by atoms with Gasteiger partial charge in [-0.2, -0.15) is 0 Å². The molecule has 164 valence electrons. The zero-order chi connectivity index (χ0) is 22.6. The van der Waals surface area contributed by atoms with Crippen molar-refractivity contribution in [1.82, 2.24) is 9.88 Å². The molecule has 0 saturated heterocycles. The molecule has 3 N–H and O–H groups in total. The van der Waals surface area contributed by atoms with E-state index in [9.17, 15) is 9.59 Å². The van der Waals surface area contributed by atoms with E-state index < -0.39 is 5.91 Å². The Morgan fingerprint density at radius 3 is 2.81 bits per heavy atom. The van der Waals surface area contributed by atoms with Crippen LogP contribution in [-0.4, -0.2) is 28.2 Å². The number of carbonyl (C=O) groups excluding carboxylic acids is 2. The van der Waals surface area contributed by atoms with E-state index in [2.05, 4.69) is 11.6 Å². The molecule has 0 spiro atoms. The summed E-state index contributed by atoms with van der Waals surface area (Å²) in [5.41, 5.74) is 12.6. The lowest BCUT2D eigenvalue weighted by Crippen LogP contribution is -2.34. The van der Waals surface area contributed by atoms with Gasteiger partial charge >= 0.3 is 0 Å². The predicted octanol–water partition coefficient (Wildman–Crippen LogP) is 4.26. The zero-order valence-corrected chi connectivity index (χ0v) is 18.1. The molecule has 5 rings (SSSR count). The van der Waals surface area contributed by atoms with Gasteiger partial charge in [-0.25, -0.2) is 4.39 Å². The molecule has 2 heterocycles. The van der Waals surface area contributed by atoms with E-state index in [0.29, 0.717) is 36.6 Å². The molecule has 0 unspecified atom stereocenters. The van der Waals surface area contributed by atoms with Crippen molar-refractivity contribution in [3.8, 4) is 11.1 Å². The molecule has 1 fully saturated rings. The number of H-pyrrole nitrogens is 1. The number of primary amides is 1. The number of hydrogen-bond acceptors (Lipinski definition) is 2. The van der Waals surface area contributed by atoms with Crippen LogP contribution in [0, 0.1) is 12.7 Å². The Hall–Kier alpha value is -3.41. The first-order valence-corrected chi connectivity index (χ1v) is 11.0. The Morgan fingerprint density at radius 2 is 2.12 bits per heavy atom. The van der Waals surface area contributed by atoms with Gasteiger partial charge < -0.3 is 15.6 Å². The number of amides is 2. The average Bonchev–Trinajstić information content (AvgIpc) is 3.54. The number of carbonyl (C=O) groups is 2. The number of nitrogens with one attached hydrogen (secondary N) is 1. The number of benzene rings is 2. The van der Waals surface area contributed by atoms with Crippen LogP contribution in [0.15, 0.2) is 36.9 Å². The fourth-order valence-electron chi connectivity index (χ4n) is 5.19. The third-order valence-corrected chi connectivity index (χ3v) is 6.72. The lowest BCUT2D eigenvalue weighted by atomic mass is 9.86. The summed E-state index contributed by atoms with van der Waals surface area (Å²) in [7, 11) is 0. The van der Waals surface area contributed by atoms with Gasteiger partial charge in [-0.3, -0.25) is 9.59 Å². The Balaban J connectivity index is 1.74. The quantitative estimate of drug-likeness (QED) is 0.592. The van der Waals surface area contributed by atoms with E-state index >= 15 is 4.39 Å². The summed E-state index contributed by atoms with van der Waals surface area (Å²) in [6, 6.07) is 7.34. The van der Waals surface area contributed by atoms with Gasteiger partial charge in [0.05, 0.1) is 11.9 Å². The van der Waals surface area contributed by atoms with E-state index in [4.69, 9.17) is 5.73 Å². The van der Waals surface area contributed by atoms with Gasteiger partial charge in [0.2, 0.25) is 11.8 Å². The monoisotopic (exact) mass is 431 g/mol. The highest BCUT2D eigenvalue weighted by Crippen LogP contribution is 2.49. The maximum Gasteiger partial charge on any atom is 0.246 e. The number of aromatic amines is 1. The fraction of sp³-hybridized carbons (Fsp3) is 0.308. The van der Waals surface area contributed by atoms with Crippen LogP contribution in [0.25, 0.3) is 22.0 Å². The van der Waals surface area contributed by atoms with Gasteiger partial charge in [-0.15, -0.1) is 0 Å². The van der Waals surface area contributed by atoms with Crippen LogP contribution >= 0.6 is 0 Å². The summed E-state index contributed by atoms with van der Waals surface area (Å²) in [4.78, 5) is 29.0. The predicted molar refractivity (Wildman–Crippen MR) is 123 cm³/mol. The highest BCUT2D eigenvalue weighted by molar-refractivity contribution is 6.03. The van der Waals surface area contributed by atoms with Crippen molar-refractivity contribution in [2.45, 2.75) is 45.1 Å². The van der Waals surface area contributed by atoms with Crippen LogP contribution in [0.3, 0.4) is 0 Å². The second-order valence-electron chi connectivity index (χ2n) is 8.88. The summed E-state index contributed by atoms with van der Waals surface area (Å²) in [6.07, 6.45) is 4.14. The number of nitrogens with zero attached hydrogens (tertiary/aromatic N) is 1. The molecule has 0 radical (unpaired) electrons. The third-order valence-electron chi connectivity index (χ3n) is 6.72. The van der Waals surface area contributed by atoms with Crippen molar-refractivity contribution in [2.24, 2.45) is 5.73 Å². The van der Waals surface area contributed by atoms with Crippen molar-refractivity contribution in [2.75, 3.05) is 6.54 Å². The molecule has 2 aromatic carbocycles. The van der Waals surface area contributed by atoms with Crippen LogP contribution in [0.1, 0.15) is 46.7 Å². The zero-order valence-electron chi connectivity index (χ0n) is 18.1. The molecule has 3 aromatic rings. The fourth-order valence-corrected chi connectivity index (χ4v) is 5.19. The van der Waals surface area contributed by atoms with Crippen molar-refractivity contribution in [3.63, 3.8) is 0 Å². The van der Waals surface area contributed by atoms with Gasteiger partial charge in [-0.05, 0) is 72.1 Å². The smallest absolute Gasteiger partial charge is 0.246 e. The third kappa shape index (κ3) is 3.30. The lowest BCUT2D eigenvalue weighted by Gasteiger charge is -2.30. The maximum atomic E-state index is 15.8. The van der Waals surface area contributed by atoms with Gasteiger partial charge in [0.15, 0.2) is 0 Å². The number of fused-ring (bicyclic) bond motifs is 2. The molecule has 2 aliphatic rings. The molecule has 5 nitrogen and oxygen atoms in total. The SMILES string of the molecule is C=CC(=O)N1CCc2c(cccc2-c2c(F)cc(CC(N)=O)c3[nH]c(C)c(C4CC4)c23)C1. The average molecular weight is 432 g/mol. The minimum atomic E-state index is -0.484. The van der Waals surface area contributed by atoms with Gasteiger partial charge in [0.1, 0.15) is 5.82 Å². The number of rotatable bonds is 5. The number of nitrogens with two attached hydrogens (primary N) is 1. The van der Waals surface area contributed by atoms with Crippen LogP contribution < -0.4 is 5.73 Å². The van der Waals surface area contributed by atoms with Crippen molar-refractivity contribution in [3.05, 3.63) is 70.7 Å². The standard InChI is InChI=1S/C26H26FN3O2/c1-3-22(32)30-10-9-18-16(13-30)5-4-6-19(18)24-20(27)11-17(12-21(28)31)26-25(24)23(14(2)29-26)15-7-8-15/h3-6,11,15,29H,1,7-10,12-13H2,2H3,(H2,28,31). The molecule has 0 bridgehead atoms. The minimum absolute atomic E-state index is 0.0106. The molecular formula is C26H26FN3O2. The Bertz CT molecular complexity index is 1290. The van der Waals surface area contributed by atoms with Crippen LogP contribution in [0.4, 0.5) is 4.39 Å². The molecule has 1 aromatic heterocycles. The molecule has 1 saturated carbocycles. The normalized spacial score (nSPS) is 15.6. The molecule has 1 aliphatic heterocycles. The summed E-state index contributed by atoms with van der Waals surface area (Å²) in [5, 5.41) is 0.874. The van der Waals surface area contributed by atoms with Crippen molar-refractivity contribution < 1.29 is 14.0 Å². The van der Waals surface area contributed by atoms with E-state index in [1.54, 1.807) is 4.90 Å². The van der Waals surface area contributed by atoms with Crippen molar-refractivity contribution in [1.29, 1.82) is 0 Å². The largest absolute Gasteiger partial charge is 0.369 e. The van der Waals surface area contributed by atoms with E-state index in [0.717, 1.165) is 51.7 Å². The second kappa shape index (κ2) is 7.62. The van der Waals surface area contributed by atoms with E-state index in [1.807, 2.05) is 25.1 Å². The molecular weight excluding hydrogens is 405 g/mol. The first-order chi connectivity index (χ1) is 15.4. The number of aryl methyl sites for hydroxylation is 1. The Kier molecular flexibility index (Phi) is 4.88. The van der Waals surface area contributed by atoms with Crippen LogP contribution in [0.5, 0.6) is 0 Å². The molecule has 1 aliphatic carbocycles. The van der Waals surface area contributed by atoms with E-state index in [1.165, 1.54) is 12.1 Å². The Morgan fingerprint density at radius 1 is 1.34 bits per heavy atom. The summed E-state index contributed by atoms with van der Waals surface area (Å²) in [5.74, 6) is -0.510. The topological polar surface area (TPSA) is 79.2 Å². The van der Waals surface area contributed by atoms with Crippen LogP contribution in [-0.2, 0) is 29.0 Å².